The van der Waals surface area contributed by atoms with Gasteiger partial charge in [0.1, 0.15) is 11.2 Å². The lowest BCUT2D eigenvalue weighted by molar-refractivity contribution is 0.669. The maximum atomic E-state index is 6.29. The molecule has 0 aliphatic rings. The summed E-state index contributed by atoms with van der Waals surface area (Å²) in [5.41, 5.74) is 14.4. The van der Waals surface area contributed by atoms with Gasteiger partial charge in [0.05, 0.1) is 5.69 Å². The van der Waals surface area contributed by atoms with Crippen LogP contribution < -0.4 is 4.90 Å². The van der Waals surface area contributed by atoms with Gasteiger partial charge in [-0.15, -0.1) is 0 Å². The molecule has 1 aromatic heterocycles. The van der Waals surface area contributed by atoms with Gasteiger partial charge in [-0.2, -0.15) is 0 Å². The molecule has 0 N–H and O–H groups in total. The maximum absolute atomic E-state index is 6.29. The minimum atomic E-state index is 0.896. The smallest absolute Gasteiger partial charge is 0.136 e. The Morgan fingerprint density at radius 1 is 0.258 bits per heavy atom. The Hall–Kier alpha value is -8.72. The molecule has 0 aliphatic heterocycles. The van der Waals surface area contributed by atoms with Crippen molar-refractivity contribution in [2.75, 3.05) is 4.90 Å². The average molecular weight is 840 g/mol. The Balaban J connectivity index is 0.926. The highest BCUT2D eigenvalue weighted by atomic mass is 16.3. The second-order valence-electron chi connectivity index (χ2n) is 17.2. The van der Waals surface area contributed by atoms with E-state index in [2.05, 4.69) is 241 Å². The molecular formula is C64H41NO. The highest BCUT2D eigenvalue weighted by molar-refractivity contribution is 6.13. The van der Waals surface area contributed by atoms with Crippen LogP contribution in [0.2, 0.25) is 0 Å². The molecule has 2 heteroatoms. The molecule has 0 aliphatic carbocycles. The molecule has 0 saturated carbocycles. The number of hydrogen-bond acceptors (Lipinski definition) is 2. The second kappa shape index (κ2) is 15.5. The van der Waals surface area contributed by atoms with Crippen LogP contribution in [0.5, 0.6) is 0 Å². The fraction of sp³-hybridized carbons (Fsp3) is 0. The van der Waals surface area contributed by atoms with E-state index in [0.29, 0.717) is 0 Å². The monoisotopic (exact) mass is 839 g/mol. The fourth-order valence-corrected chi connectivity index (χ4v) is 10.2. The summed E-state index contributed by atoms with van der Waals surface area (Å²) in [5, 5.41) is 12.4. The number of benzene rings is 12. The van der Waals surface area contributed by atoms with Crippen LogP contribution in [0.15, 0.2) is 253 Å². The van der Waals surface area contributed by atoms with Crippen LogP contribution in [0.1, 0.15) is 0 Å². The summed E-state index contributed by atoms with van der Waals surface area (Å²) in [4.78, 5) is 2.41. The van der Waals surface area contributed by atoms with E-state index in [1.54, 1.807) is 0 Å². The van der Waals surface area contributed by atoms with Gasteiger partial charge in [0.2, 0.25) is 0 Å². The first-order valence-electron chi connectivity index (χ1n) is 22.6. The topological polar surface area (TPSA) is 16.4 Å². The van der Waals surface area contributed by atoms with Crippen molar-refractivity contribution in [3.63, 3.8) is 0 Å². The van der Waals surface area contributed by atoms with Crippen LogP contribution in [-0.4, -0.2) is 0 Å². The SMILES string of the molecule is c1cc(-c2ccc3c(ccc4ccccc43)c2)cc(N(c2ccc(-c3cccc4oc5ccccc5c34)cc2)c2ccccc2-c2ccc(-c3ccc4ccc5ccccc5c4c3)cc2)c1. The molecule has 1 heterocycles. The Bertz CT molecular complexity index is 3990. The molecule has 308 valence electrons. The van der Waals surface area contributed by atoms with Crippen molar-refractivity contribution in [3.8, 4) is 44.5 Å². The van der Waals surface area contributed by atoms with Gasteiger partial charge >= 0.3 is 0 Å². The number of fused-ring (bicyclic) bond motifs is 9. The van der Waals surface area contributed by atoms with E-state index in [-0.39, 0.29) is 0 Å². The van der Waals surface area contributed by atoms with Gasteiger partial charge in [0, 0.05) is 27.7 Å². The molecule has 13 aromatic rings. The molecule has 66 heavy (non-hydrogen) atoms. The van der Waals surface area contributed by atoms with Gasteiger partial charge in [-0.1, -0.05) is 194 Å². The first-order valence-corrected chi connectivity index (χ1v) is 22.6. The van der Waals surface area contributed by atoms with Crippen molar-refractivity contribution >= 4 is 82.1 Å². The molecule has 0 saturated heterocycles. The van der Waals surface area contributed by atoms with Crippen LogP contribution in [0.25, 0.3) is 110 Å². The predicted molar refractivity (Wildman–Crippen MR) is 280 cm³/mol. The van der Waals surface area contributed by atoms with Crippen molar-refractivity contribution in [2.45, 2.75) is 0 Å². The second-order valence-corrected chi connectivity index (χ2v) is 17.2. The molecule has 12 aromatic carbocycles. The van der Waals surface area contributed by atoms with Gasteiger partial charge in [0.15, 0.2) is 0 Å². The Labute approximate surface area is 382 Å². The van der Waals surface area contributed by atoms with Crippen molar-refractivity contribution in [3.05, 3.63) is 249 Å². The van der Waals surface area contributed by atoms with Crippen LogP contribution in [0, 0.1) is 0 Å². The number of nitrogens with zero attached hydrogens (tertiary/aromatic N) is 1. The molecule has 0 bridgehead atoms. The third kappa shape index (κ3) is 6.42. The summed E-state index contributed by atoms with van der Waals surface area (Å²) in [6, 6.07) is 90.4. The zero-order valence-corrected chi connectivity index (χ0v) is 36.0. The molecule has 13 rings (SSSR count). The molecule has 0 fully saturated rings. The van der Waals surface area contributed by atoms with E-state index < -0.39 is 0 Å². The van der Waals surface area contributed by atoms with E-state index >= 15 is 0 Å². The molecule has 0 atom stereocenters. The Kier molecular flexibility index (Phi) is 8.89. The Morgan fingerprint density at radius 2 is 0.773 bits per heavy atom. The van der Waals surface area contributed by atoms with Crippen molar-refractivity contribution < 1.29 is 4.42 Å². The van der Waals surface area contributed by atoms with Gasteiger partial charge in [-0.25, -0.2) is 0 Å². The summed E-state index contributed by atoms with van der Waals surface area (Å²) < 4.78 is 6.29. The standard InChI is InChI=1S/C64H41NO/c1-3-15-54-43(11-1)30-32-51-39-49(35-38-56(51)54)48-13-9-14-53(40-48)65(52-36-33-46(34-37-52)58-19-10-22-63-64(58)59-18-6-8-21-62(59)66-63)61-20-7-5-17-57(61)45-25-23-42(24-26-45)50-31-29-47-28-27-44-12-2-4-16-55(44)60(47)41-50/h1-41H. The quantitative estimate of drug-likeness (QED) is 0.149. The van der Waals surface area contributed by atoms with Crippen LogP contribution in [0.3, 0.4) is 0 Å². The molecule has 0 radical (unpaired) electrons. The first kappa shape index (κ1) is 37.8. The van der Waals surface area contributed by atoms with E-state index in [0.717, 1.165) is 66.8 Å². The summed E-state index contributed by atoms with van der Waals surface area (Å²) in [7, 11) is 0. The summed E-state index contributed by atoms with van der Waals surface area (Å²) >= 11 is 0. The normalized spacial score (nSPS) is 11.6. The Morgan fingerprint density at radius 3 is 1.59 bits per heavy atom. The molecule has 0 amide bonds. The van der Waals surface area contributed by atoms with E-state index in [1.807, 2.05) is 12.1 Å². The highest BCUT2D eigenvalue weighted by Gasteiger charge is 2.19. The number of rotatable bonds is 7. The summed E-state index contributed by atoms with van der Waals surface area (Å²) in [6.45, 7) is 0. The molecule has 0 spiro atoms. The van der Waals surface area contributed by atoms with E-state index in [9.17, 15) is 0 Å². The number of para-hydroxylation sites is 2. The van der Waals surface area contributed by atoms with Crippen molar-refractivity contribution in [2.24, 2.45) is 0 Å². The third-order valence-electron chi connectivity index (χ3n) is 13.4. The van der Waals surface area contributed by atoms with Crippen LogP contribution in [-0.2, 0) is 0 Å². The lowest BCUT2D eigenvalue weighted by atomic mass is 9.95. The van der Waals surface area contributed by atoms with Crippen molar-refractivity contribution in [1.29, 1.82) is 0 Å². The number of furan rings is 1. The third-order valence-corrected chi connectivity index (χ3v) is 13.4. The number of anilines is 3. The summed E-state index contributed by atoms with van der Waals surface area (Å²) in [6.07, 6.45) is 0. The maximum Gasteiger partial charge on any atom is 0.136 e. The van der Waals surface area contributed by atoms with Gasteiger partial charge < -0.3 is 9.32 Å². The zero-order chi connectivity index (χ0) is 43.6. The first-order chi connectivity index (χ1) is 32.7. The number of hydrogen-bond donors (Lipinski definition) is 0. The van der Waals surface area contributed by atoms with E-state index in [1.165, 1.54) is 59.8 Å². The van der Waals surface area contributed by atoms with Crippen molar-refractivity contribution in [1.82, 2.24) is 0 Å². The molecule has 2 nitrogen and oxygen atoms in total. The minimum Gasteiger partial charge on any atom is -0.456 e. The minimum absolute atomic E-state index is 0.896. The molecular weight excluding hydrogens is 799 g/mol. The fourth-order valence-electron chi connectivity index (χ4n) is 10.2. The van der Waals surface area contributed by atoms with Crippen LogP contribution in [0.4, 0.5) is 17.1 Å². The van der Waals surface area contributed by atoms with Gasteiger partial charge in [0.25, 0.3) is 0 Å². The molecule has 0 unspecified atom stereocenters. The van der Waals surface area contributed by atoms with Gasteiger partial charge in [-0.05, 0) is 137 Å². The van der Waals surface area contributed by atoms with Gasteiger partial charge in [-0.3, -0.25) is 0 Å². The lowest BCUT2D eigenvalue weighted by Crippen LogP contribution is -2.11. The summed E-state index contributed by atoms with van der Waals surface area (Å²) in [5.74, 6) is 0. The highest BCUT2D eigenvalue weighted by Crippen LogP contribution is 2.44. The predicted octanol–water partition coefficient (Wildman–Crippen LogP) is 18.3. The van der Waals surface area contributed by atoms with Crippen LogP contribution >= 0.6 is 0 Å². The average Bonchev–Trinajstić information content (AvgIpc) is 3.78. The lowest BCUT2D eigenvalue weighted by Gasteiger charge is -2.28. The zero-order valence-electron chi connectivity index (χ0n) is 36.0. The largest absolute Gasteiger partial charge is 0.456 e. The van der Waals surface area contributed by atoms with E-state index in [4.69, 9.17) is 4.42 Å².